The molecular weight excluding hydrogens is 246 g/mol. The molecule has 2 N–H and O–H groups in total. The van der Waals surface area contributed by atoms with Crippen LogP contribution in [0.4, 0.5) is 0 Å². The van der Waals surface area contributed by atoms with E-state index in [2.05, 4.69) is 48.4 Å². The lowest BCUT2D eigenvalue weighted by Crippen LogP contribution is -2.28. The molecule has 2 heterocycles. The van der Waals surface area contributed by atoms with Gasteiger partial charge < -0.3 is 10.3 Å². The number of benzene rings is 1. The highest BCUT2D eigenvalue weighted by Gasteiger charge is 2.17. The van der Waals surface area contributed by atoms with Crippen molar-refractivity contribution in [3.05, 3.63) is 41.3 Å². The van der Waals surface area contributed by atoms with E-state index in [-0.39, 0.29) is 0 Å². The molecule has 0 spiro atoms. The van der Waals surface area contributed by atoms with Gasteiger partial charge in [0.15, 0.2) is 0 Å². The van der Waals surface area contributed by atoms with Crippen molar-refractivity contribution in [2.75, 3.05) is 13.1 Å². The third-order valence-electron chi connectivity index (χ3n) is 4.27. The quantitative estimate of drug-likeness (QED) is 0.898. The molecule has 0 atom stereocenters. The van der Waals surface area contributed by atoms with Crippen LogP contribution in [0, 0.1) is 19.8 Å². The number of rotatable bonds is 3. The average molecular weight is 269 g/mol. The van der Waals surface area contributed by atoms with E-state index in [1.54, 1.807) is 0 Å². The molecule has 1 aromatic carbocycles. The van der Waals surface area contributed by atoms with Gasteiger partial charge in [-0.1, -0.05) is 24.3 Å². The molecule has 0 unspecified atom stereocenters. The van der Waals surface area contributed by atoms with Crippen molar-refractivity contribution in [2.45, 2.75) is 33.1 Å². The molecule has 1 saturated heterocycles. The van der Waals surface area contributed by atoms with Crippen molar-refractivity contribution in [3.63, 3.8) is 0 Å². The number of nitrogens with one attached hydrogen (secondary N) is 2. The molecule has 3 heteroatoms. The van der Waals surface area contributed by atoms with Crippen LogP contribution in [0.15, 0.2) is 24.3 Å². The van der Waals surface area contributed by atoms with Gasteiger partial charge in [0, 0.05) is 17.7 Å². The fourth-order valence-corrected chi connectivity index (χ4v) is 3.08. The molecule has 0 radical (unpaired) electrons. The number of aromatic amines is 1. The normalized spacial score (nSPS) is 16.5. The minimum absolute atomic E-state index is 0.770. The zero-order valence-corrected chi connectivity index (χ0v) is 12.4. The van der Waals surface area contributed by atoms with Gasteiger partial charge in [0.1, 0.15) is 5.82 Å². The Morgan fingerprint density at radius 1 is 1.15 bits per heavy atom. The first-order chi connectivity index (χ1) is 9.74. The second kappa shape index (κ2) is 5.80. The first kappa shape index (κ1) is 13.4. The lowest BCUT2D eigenvalue weighted by atomic mass is 9.94. The Kier molecular flexibility index (Phi) is 3.88. The summed E-state index contributed by atoms with van der Waals surface area (Å²) in [5.74, 6) is 1.92. The summed E-state index contributed by atoms with van der Waals surface area (Å²) in [6.45, 7) is 6.57. The van der Waals surface area contributed by atoms with Gasteiger partial charge in [0.25, 0.3) is 0 Å². The van der Waals surface area contributed by atoms with Gasteiger partial charge in [-0.2, -0.15) is 0 Å². The summed E-state index contributed by atoms with van der Waals surface area (Å²) in [7, 11) is 0. The van der Waals surface area contributed by atoms with Gasteiger partial charge in [-0.05, 0) is 51.3 Å². The molecule has 0 saturated carbocycles. The molecule has 0 amide bonds. The van der Waals surface area contributed by atoms with Crippen LogP contribution in [0.2, 0.25) is 0 Å². The number of piperidine rings is 1. The Hall–Kier alpha value is -1.61. The summed E-state index contributed by atoms with van der Waals surface area (Å²) >= 11 is 0. The predicted molar refractivity (Wildman–Crippen MR) is 82.8 cm³/mol. The van der Waals surface area contributed by atoms with Crippen molar-refractivity contribution in [2.24, 2.45) is 5.92 Å². The van der Waals surface area contributed by atoms with Crippen LogP contribution in [-0.4, -0.2) is 23.1 Å². The molecule has 1 aromatic heterocycles. The standard InChI is InChI=1S/C17H23N3/c1-12-5-3-4-6-15(12)17-13(2)19-16(20-17)11-14-7-9-18-10-8-14/h3-6,14,18H,7-11H2,1-2H3,(H,19,20). The van der Waals surface area contributed by atoms with E-state index < -0.39 is 0 Å². The number of hydrogen-bond donors (Lipinski definition) is 2. The number of imidazole rings is 1. The van der Waals surface area contributed by atoms with Crippen LogP contribution in [0.1, 0.15) is 29.9 Å². The van der Waals surface area contributed by atoms with Crippen LogP contribution in [0.5, 0.6) is 0 Å². The SMILES string of the molecule is Cc1ccccc1-c1nc(CC2CCNCC2)[nH]c1C. The molecule has 106 valence electrons. The largest absolute Gasteiger partial charge is 0.346 e. The number of H-pyrrole nitrogens is 1. The van der Waals surface area contributed by atoms with Crippen molar-refractivity contribution >= 4 is 0 Å². The van der Waals surface area contributed by atoms with Crippen molar-refractivity contribution in [1.29, 1.82) is 0 Å². The topological polar surface area (TPSA) is 40.7 Å². The van der Waals surface area contributed by atoms with Crippen LogP contribution in [0.3, 0.4) is 0 Å². The second-order valence-electron chi connectivity index (χ2n) is 5.87. The zero-order valence-electron chi connectivity index (χ0n) is 12.4. The van der Waals surface area contributed by atoms with Gasteiger partial charge >= 0.3 is 0 Å². The Morgan fingerprint density at radius 3 is 2.65 bits per heavy atom. The molecule has 1 aliphatic heterocycles. The number of hydrogen-bond acceptors (Lipinski definition) is 2. The first-order valence-corrected chi connectivity index (χ1v) is 7.56. The molecule has 3 nitrogen and oxygen atoms in total. The van der Waals surface area contributed by atoms with Crippen molar-refractivity contribution < 1.29 is 0 Å². The van der Waals surface area contributed by atoms with E-state index in [4.69, 9.17) is 4.98 Å². The molecule has 2 aromatic rings. The Morgan fingerprint density at radius 2 is 1.90 bits per heavy atom. The van der Waals surface area contributed by atoms with Crippen molar-refractivity contribution in [3.8, 4) is 11.3 Å². The van der Waals surface area contributed by atoms with Gasteiger partial charge in [0.05, 0.1) is 5.69 Å². The van der Waals surface area contributed by atoms with Gasteiger partial charge in [-0.15, -0.1) is 0 Å². The van der Waals surface area contributed by atoms with Gasteiger partial charge in [-0.3, -0.25) is 0 Å². The lowest BCUT2D eigenvalue weighted by molar-refractivity contribution is 0.368. The fraction of sp³-hybridized carbons (Fsp3) is 0.471. The van der Waals surface area contributed by atoms with Crippen LogP contribution in [-0.2, 0) is 6.42 Å². The summed E-state index contributed by atoms with van der Waals surface area (Å²) in [4.78, 5) is 8.35. The molecule has 0 bridgehead atoms. The smallest absolute Gasteiger partial charge is 0.107 e. The molecular formula is C17H23N3. The third kappa shape index (κ3) is 2.78. The van der Waals surface area contributed by atoms with E-state index in [1.807, 2.05) is 0 Å². The first-order valence-electron chi connectivity index (χ1n) is 7.56. The predicted octanol–water partition coefficient (Wildman–Crippen LogP) is 3.24. The van der Waals surface area contributed by atoms with E-state index >= 15 is 0 Å². The van der Waals surface area contributed by atoms with E-state index in [1.165, 1.54) is 29.7 Å². The third-order valence-corrected chi connectivity index (χ3v) is 4.27. The molecule has 20 heavy (non-hydrogen) atoms. The fourth-order valence-electron chi connectivity index (χ4n) is 3.08. The molecule has 3 rings (SSSR count). The summed E-state index contributed by atoms with van der Waals surface area (Å²) in [6.07, 6.45) is 3.60. The summed E-state index contributed by atoms with van der Waals surface area (Å²) in [6, 6.07) is 8.47. The lowest BCUT2D eigenvalue weighted by Gasteiger charge is -2.21. The second-order valence-corrected chi connectivity index (χ2v) is 5.87. The molecule has 1 fully saturated rings. The highest BCUT2D eigenvalue weighted by atomic mass is 14.9. The monoisotopic (exact) mass is 269 g/mol. The maximum atomic E-state index is 4.86. The zero-order chi connectivity index (χ0) is 13.9. The van der Waals surface area contributed by atoms with E-state index in [9.17, 15) is 0 Å². The number of aryl methyl sites for hydroxylation is 2. The average Bonchev–Trinajstić information content (AvgIpc) is 2.81. The summed E-state index contributed by atoms with van der Waals surface area (Å²) < 4.78 is 0. The van der Waals surface area contributed by atoms with Gasteiger partial charge in [-0.25, -0.2) is 4.98 Å². The number of nitrogens with zero attached hydrogens (tertiary/aromatic N) is 1. The van der Waals surface area contributed by atoms with Crippen molar-refractivity contribution in [1.82, 2.24) is 15.3 Å². The highest BCUT2D eigenvalue weighted by molar-refractivity contribution is 5.65. The van der Waals surface area contributed by atoms with Crippen LogP contribution in [0.25, 0.3) is 11.3 Å². The maximum absolute atomic E-state index is 4.86. The van der Waals surface area contributed by atoms with E-state index in [0.29, 0.717) is 0 Å². The summed E-state index contributed by atoms with van der Waals surface area (Å²) in [5, 5.41) is 3.42. The minimum Gasteiger partial charge on any atom is -0.346 e. The highest BCUT2D eigenvalue weighted by Crippen LogP contribution is 2.26. The van der Waals surface area contributed by atoms with Gasteiger partial charge in [0.2, 0.25) is 0 Å². The Balaban J connectivity index is 1.82. The Bertz CT molecular complexity index is 580. The van der Waals surface area contributed by atoms with Crippen LogP contribution < -0.4 is 5.32 Å². The minimum atomic E-state index is 0.770. The summed E-state index contributed by atoms with van der Waals surface area (Å²) in [5.41, 5.74) is 4.84. The Labute approximate surface area is 120 Å². The molecule has 0 aliphatic carbocycles. The van der Waals surface area contributed by atoms with Crippen LogP contribution >= 0.6 is 0 Å². The van der Waals surface area contributed by atoms with E-state index in [0.717, 1.165) is 36.9 Å². The maximum Gasteiger partial charge on any atom is 0.107 e. The molecule has 1 aliphatic rings. The number of aromatic nitrogens is 2.